The molecule has 20 nitrogen and oxygen atoms in total. The maximum atomic E-state index is 12.1. The molecule has 0 amide bonds. The van der Waals surface area contributed by atoms with Crippen LogP contribution >= 0.6 is 0 Å². The summed E-state index contributed by atoms with van der Waals surface area (Å²) in [6.07, 6.45) is -0.943. The van der Waals surface area contributed by atoms with Crippen LogP contribution in [0, 0.1) is 0 Å². The molecule has 0 spiro atoms. The number of hydrogen-bond acceptors (Lipinski definition) is 20. The fraction of sp³-hybridized carbons (Fsp3) is 0.640. The van der Waals surface area contributed by atoms with E-state index in [1.807, 2.05) is 0 Å². The zero-order chi connectivity index (χ0) is 53.0. The SMILES string of the molecule is C=C(C)C(=O)OCC1CC(CC(=O)OC(C)C)OC(C)(C)O1.C=C(C)C(=O)OCC1CC(CC(=O)OCCO)OC(C)(C)O1.C=C(C)C(=O)OCC1CC(CC(=O)Oc2ccc(O)cc2)OC(C)(C)O1. The fourth-order valence-electron chi connectivity index (χ4n) is 6.99. The van der Waals surface area contributed by atoms with E-state index in [4.69, 9.17) is 61.9 Å². The standard InChI is InChI=1S/C19H24O7.C16H26O6.C15H24O7/c1-12(2)18(22)23-11-16-9-15(25-19(3,4)26-16)10-17(21)24-14-7-5-13(20)6-8-14;1-10(2)15(18)19-9-13-7-12(21-16(5,6)22-13)8-14(17)20-11(3)4;1-10(2)14(18)20-9-12-7-11(21-15(3,4)22-12)8-13(17)19-6-5-16/h5-8,15-16,20H,1,9-11H2,2-4H3;11-13H,1,7-9H2,2-6H3;11-12,16H,1,5-9H2,2-4H3. The summed E-state index contributed by atoms with van der Waals surface area (Å²) in [6, 6.07) is 5.87. The lowest BCUT2D eigenvalue weighted by molar-refractivity contribution is -0.305. The van der Waals surface area contributed by atoms with Gasteiger partial charge in [-0.05, 0) is 100 Å². The third kappa shape index (κ3) is 25.1. The molecule has 0 aromatic heterocycles. The number of carbonyl (C=O) groups excluding carboxylic acids is 6. The van der Waals surface area contributed by atoms with Crippen LogP contribution in [-0.2, 0) is 80.9 Å². The highest BCUT2D eigenvalue weighted by Crippen LogP contribution is 2.31. The van der Waals surface area contributed by atoms with E-state index >= 15 is 0 Å². The molecule has 0 aliphatic carbocycles. The quantitative estimate of drug-likeness (QED) is 0.0696. The van der Waals surface area contributed by atoms with E-state index in [9.17, 15) is 33.9 Å². The Morgan fingerprint density at radius 1 is 0.557 bits per heavy atom. The van der Waals surface area contributed by atoms with Crippen LogP contribution in [0.3, 0.4) is 0 Å². The van der Waals surface area contributed by atoms with Crippen LogP contribution in [0.1, 0.15) is 115 Å². The molecule has 6 unspecified atom stereocenters. The molecule has 3 saturated heterocycles. The van der Waals surface area contributed by atoms with Gasteiger partial charge in [0.15, 0.2) is 17.4 Å². The van der Waals surface area contributed by atoms with Gasteiger partial charge in [0, 0.05) is 36.0 Å². The third-order valence-electron chi connectivity index (χ3n) is 9.50. The summed E-state index contributed by atoms with van der Waals surface area (Å²) in [6.45, 7) is 29.3. The number of carbonyl (C=O) groups is 6. The van der Waals surface area contributed by atoms with Crippen LogP contribution in [-0.4, -0.2) is 139 Å². The lowest BCUT2D eigenvalue weighted by atomic mass is 10.1. The molecule has 3 fully saturated rings. The average Bonchev–Trinajstić information content (AvgIpc) is 3.22. The molecule has 3 aliphatic heterocycles. The van der Waals surface area contributed by atoms with Crippen molar-refractivity contribution in [2.45, 2.75) is 175 Å². The van der Waals surface area contributed by atoms with Gasteiger partial charge in [0.1, 0.15) is 37.9 Å². The fourth-order valence-corrected chi connectivity index (χ4v) is 6.99. The molecule has 3 aliphatic rings. The zero-order valence-electron chi connectivity index (χ0n) is 42.5. The van der Waals surface area contributed by atoms with Gasteiger partial charge >= 0.3 is 35.8 Å². The highest BCUT2D eigenvalue weighted by Gasteiger charge is 2.40. The van der Waals surface area contributed by atoms with Crippen molar-refractivity contribution >= 4 is 35.8 Å². The first-order valence-electron chi connectivity index (χ1n) is 23.0. The summed E-state index contributed by atoms with van der Waals surface area (Å²) in [5, 5.41) is 17.9. The van der Waals surface area contributed by atoms with Crippen molar-refractivity contribution in [3.8, 4) is 11.5 Å². The monoisotopic (exact) mass is 994 g/mol. The van der Waals surface area contributed by atoms with Gasteiger partial charge in [-0.3, -0.25) is 14.4 Å². The Bertz CT molecular complexity index is 1930. The van der Waals surface area contributed by atoms with Gasteiger partial charge in [0.05, 0.1) is 68.6 Å². The summed E-state index contributed by atoms with van der Waals surface area (Å²) in [5.74, 6) is -4.86. The number of rotatable bonds is 19. The van der Waals surface area contributed by atoms with Crippen LogP contribution in [0.4, 0.5) is 0 Å². The number of aliphatic hydroxyl groups excluding tert-OH is 1. The Morgan fingerprint density at radius 3 is 1.21 bits per heavy atom. The summed E-state index contributed by atoms with van der Waals surface area (Å²) in [5.41, 5.74) is 0.962. The topological polar surface area (TPSA) is 254 Å². The first kappa shape index (κ1) is 60.9. The smallest absolute Gasteiger partial charge is 0.333 e. The number of benzene rings is 1. The molecule has 0 radical (unpaired) electrons. The first-order valence-corrected chi connectivity index (χ1v) is 23.0. The summed E-state index contributed by atoms with van der Waals surface area (Å²) in [7, 11) is 0. The third-order valence-corrected chi connectivity index (χ3v) is 9.50. The number of aromatic hydroxyl groups is 1. The van der Waals surface area contributed by atoms with E-state index in [-0.39, 0.29) is 88.4 Å². The van der Waals surface area contributed by atoms with Crippen molar-refractivity contribution in [1.29, 1.82) is 0 Å². The summed E-state index contributed by atoms with van der Waals surface area (Å²) >= 11 is 0. The molecule has 20 heteroatoms. The Morgan fingerprint density at radius 2 is 0.886 bits per heavy atom. The Labute approximate surface area is 410 Å². The lowest BCUT2D eigenvalue weighted by Crippen LogP contribution is -2.47. The Hall–Kier alpha value is -5.22. The van der Waals surface area contributed by atoms with Crippen LogP contribution in [0.15, 0.2) is 60.7 Å². The molecular weight excluding hydrogens is 921 g/mol. The van der Waals surface area contributed by atoms with Crippen LogP contribution in [0.2, 0.25) is 0 Å². The molecule has 70 heavy (non-hydrogen) atoms. The number of esters is 6. The Kier molecular flexibility index (Phi) is 24.9. The van der Waals surface area contributed by atoms with Crippen molar-refractivity contribution < 1.29 is 95.8 Å². The highest BCUT2D eigenvalue weighted by molar-refractivity contribution is 5.87. The van der Waals surface area contributed by atoms with Crippen molar-refractivity contribution in [3.63, 3.8) is 0 Å². The molecule has 1 aromatic carbocycles. The molecule has 6 atom stereocenters. The van der Waals surface area contributed by atoms with E-state index in [0.29, 0.717) is 41.7 Å². The van der Waals surface area contributed by atoms with Crippen molar-refractivity contribution in [1.82, 2.24) is 0 Å². The largest absolute Gasteiger partial charge is 0.508 e. The van der Waals surface area contributed by atoms with Gasteiger partial charge in [0.25, 0.3) is 0 Å². The van der Waals surface area contributed by atoms with Gasteiger partial charge < -0.3 is 67.1 Å². The predicted molar refractivity (Wildman–Crippen MR) is 250 cm³/mol. The maximum absolute atomic E-state index is 12.1. The number of aliphatic hydroxyl groups is 1. The molecule has 0 bridgehead atoms. The molecule has 1 aromatic rings. The first-order chi connectivity index (χ1) is 32.5. The number of ether oxygens (including phenoxy) is 12. The second kappa shape index (κ2) is 28.6. The van der Waals surface area contributed by atoms with Crippen LogP contribution in [0.25, 0.3) is 0 Å². The average molecular weight is 995 g/mol. The molecule has 2 N–H and O–H groups in total. The predicted octanol–water partition coefficient (Wildman–Crippen LogP) is 6.02. The lowest BCUT2D eigenvalue weighted by Gasteiger charge is -2.40. The second-order valence-electron chi connectivity index (χ2n) is 18.5. The van der Waals surface area contributed by atoms with Gasteiger partial charge in [-0.25, -0.2) is 14.4 Å². The van der Waals surface area contributed by atoms with Crippen LogP contribution in [0.5, 0.6) is 11.5 Å². The van der Waals surface area contributed by atoms with E-state index in [2.05, 4.69) is 19.7 Å². The minimum absolute atomic E-state index is 0.0264. The van der Waals surface area contributed by atoms with E-state index in [1.54, 1.807) is 76.2 Å². The van der Waals surface area contributed by atoms with Gasteiger partial charge in [-0.2, -0.15) is 0 Å². The Balaban J connectivity index is 0.000000362. The van der Waals surface area contributed by atoms with E-state index in [1.165, 1.54) is 24.3 Å². The molecule has 394 valence electrons. The number of hydrogen-bond donors (Lipinski definition) is 2. The van der Waals surface area contributed by atoms with Gasteiger partial charge in [-0.1, -0.05) is 19.7 Å². The normalized spacial score (nSPS) is 23.0. The number of phenolic OH excluding ortho intramolecular Hbond substituents is 1. The minimum atomic E-state index is -0.915. The van der Waals surface area contributed by atoms with Gasteiger partial charge in [0.2, 0.25) is 0 Å². The zero-order valence-corrected chi connectivity index (χ0v) is 42.5. The van der Waals surface area contributed by atoms with Gasteiger partial charge in [-0.15, -0.1) is 0 Å². The minimum Gasteiger partial charge on any atom is -0.508 e. The van der Waals surface area contributed by atoms with E-state index in [0.717, 1.165) is 0 Å². The van der Waals surface area contributed by atoms with Crippen molar-refractivity contribution in [2.75, 3.05) is 33.0 Å². The number of phenols is 1. The molecular formula is C50H74O20. The molecule has 0 saturated carbocycles. The second-order valence-corrected chi connectivity index (χ2v) is 18.5. The van der Waals surface area contributed by atoms with Crippen molar-refractivity contribution in [3.05, 3.63) is 60.7 Å². The van der Waals surface area contributed by atoms with Crippen LogP contribution < -0.4 is 4.74 Å². The highest BCUT2D eigenvalue weighted by atomic mass is 16.7. The molecule has 4 rings (SSSR count). The molecule has 3 heterocycles. The van der Waals surface area contributed by atoms with Crippen molar-refractivity contribution in [2.24, 2.45) is 0 Å². The maximum Gasteiger partial charge on any atom is 0.333 e. The summed E-state index contributed by atoms with van der Waals surface area (Å²) < 4.78 is 64.8. The summed E-state index contributed by atoms with van der Waals surface area (Å²) in [4.78, 5) is 69.9. The van der Waals surface area contributed by atoms with E-state index < -0.39 is 65.5 Å².